The molecule has 2 heterocycles. The summed E-state index contributed by atoms with van der Waals surface area (Å²) in [7, 11) is 0. The number of amides is 2. The molecule has 6 nitrogen and oxygen atoms in total. The lowest BCUT2D eigenvalue weighted by molar-refractivity contribution is -0.148. The second kappa shape index (κ2) is 6.98. The van der Waals surface area contributed by atoms with Crippen molar-refractivity contribution in [2.45, 2.75) is 44.6 Å². The zero-order chi connectivity index (χ0) is 19.0. The molecule has 0 radical (unpaired) electrons. The lowest BCUT2D eigenvalue weighted by Gasteiger charge is -2.39. The lowest BCUT2D eigenvalue weighted by Crippen LogP contribution is -2.45. The number of carbonyl (C=O) groups excluding carboxylic acids is 2. The average molecular weight is 370 g/mol. The van der Waals surface area contributed by atoms with Crippen molar-refractivity contribution < 1.29 is 19.5 Å². The van der Waals surface area contributed by atoms with E-state index in [2.05, 4.69) is 0 Å². The molecule has 1 aromatic rings. The fourth-order valence-electron chi connectivity index (χ4n) is 4.55. The smallest absolute Gasteiger partial charge is 0.326 e. The van der Waals surface area contributed by atoms with Gasteiger partial charge in [-0.1, -0.05) is 30.3 Å². The zero-order valence-electron chi connectivity index (χ0n) is 15.5. The first-order valence-electron chi connectivity index (χ1n) is 9.82. The number of carbonyl (C=O) groups is 3. The minimum absolute atomic E-state index is 0.0156. The van der Waals surface area contributed by atoms with Gasteiger partial charge in [-0.2, -0.15) is 0 Å². The van der Waals surface area contributed by atoms with Crippen LogP contribution in [-0.2, 0) is 20.8 Å². The minimum Gasteiger partial charge on any atom is -0.480 e. The molecule has 0 aromatic heterocycles. The molecular formula is C21H26N2O4. The zero-order valence-corrected chi connectivity index (χ0v) is 15.5. The Bertz CT molecular complexity index is 736. The van der Waals surface area contributed by atoms with E-state index in [9.17, 15) is 19.5 Å². The average Bonchev–Trinajstić information content (AvgIpc) is 3.45. The van der Waals surface area contributed by atoms with Crippen molar-refractivity contribution in [1.82, 2.24) is 9.80 Å². The maximum Gasteiger partial charge on any atom is 0.326 e. The number of benzene rings is 1. The van der Waals surface area contributed by atoms with Crippen LogP contribution in [0.15, 0.2) is 30.3 Å². The monoisotopic (exact) mass is 370 g/mol. The molecule has 1 atom stereocenters. The van der Waals surface area contributed by atoms with E-state index in [0.29, 0.717) is 32.5 Å². The summed E-state index contributed by atoms with van der Waals surface area (Å²) in [6, 6.07) is 9.02. The fourth-order valence-corrected chi connectivity index (χ4v) is 4.55. The van der Waals surface area contributed by atoms with Crippen LogP contribution in [0.3, 0.4) is 0 Å². The molecule has 1 aromatic carbocycles. The van der Waals surface area contributed by atoms with Crippen LogP contribution in [0.1, 0.15) is 37.7 Å². The topological polar surface area (TPSA) is 77.9 Å². The second-order valence-corrected chi connectivity index (χ2v) is 8.34. The molecule has 3 aliphatic rings. The molecule has 144 valence electrons. The van der Waals surface area contributed by atoms with Crippen LogP contribution in [-0.4, -0.2) is 58.4 Å². The summed E-state index contributed by atoms with van der Waals surface area (Å²) in [5, 5.41) is 9.59. The Kier molecular flexibility index (Phi) is 4.66. The molecule has 0 unspecified atom stereocenters. The summed E-state index contributed by atoms with van der Waals surface area (Å²) in [5.41, 5.74) is 0.854. The van der Waals surface area contributed by atoms with E-state index >= 15 is 0 Å². The van der Waals surface area contributed by atoms with Crippen LogP contribution in [0.25, 0.3) is 0 Å². The Morgan fingerprint density at radius 2 is 1.74 bits per heavy atom. The molecule has 1 spiro atoms. The summed E-state index contributed by atoms with van der Waals surface area (Å²) in [5.74, 6) is -0.727. The van der Waals surface area contributed by atoms with Crippen molar-refractivity contribution in [2.75, 3.05) is 19.6 Å². The molecule has 3 fully saturated rings. The van der Waals surface area contributed by atoms with E-state index in [-0.39, 0.29) is 23.1 Å². The van der Waals surface area contributed by atoms with Crippen LogP contribution in [0.2, 0.25) is 0 Å². The molecule has 27 heavy (non-hydrogen) atoms. The SMILES string of the molecule is O=C(O)[C@@H]1CC2(CCN(C(=O)Cc3ccccc3)CC2)CN1C(=O)C1CC1. The van der Waals surface area contributed by atoms with Crippen molar-refractivity contribution in [2.24, 2.45) is 11.3 Å². The molecule has 2 saturated heterocycles. The van der Waals surface area contributed by atoms with Crippen LogP contribution >= 0.6 is 0 Å². The van der Waals surface area contributed by atoms with Gasteiger partial charge in [-0.15, -0.1) is 0 Å². The highest BCUT2D eigenvalue weighted by Crippen LogP contribution is 2.45. The van der Waals surface area contributed by atoms with Gasteiger partial charge in [-0.3, -0.25) is 9.59 Å². The van der Waals surface area contributed by atoms with Crippen LogP contribution < -0.4 is 0 Å². The highest BCUT2D eigenvalue weighted by atomic mass is 16.4. The van der Waals surface area contributed by atoms with Gasteiger partial charge in [0, 0.05) is 25.6 Å². The Morgan fingerprint density at radius 3 is 2.33 bits per heavy atom. The predicted molar refractivity (Wildman–Crippen MR) is 98.9 cm³/mol. The van der Waals surface area contributed by atoms with Crippen LogP contribution in [0.4, 0.5) is 0 Å². The molecule has 4 rings (SSSR count). The number of carboxylic acids is 1. The lowest BCUT2D eigenvalue weighted by atomic mass is 9.76. The number of hydrogen-bond donors (Lipinski definition) is 1. The summed E-state index contributed by atoms with van der Waals surface area (Å²) in [6.07, 6.45) is 4.23. The first-order chi connectivity index (χ1) is 13.0. The largest absolute Gasteiger partial charge is 0.480 e. The molecule has 1 N–H and O–H groups in total. The number of nitrogens with zero attached hydrogens (tertiary/aromatic N) is 2. The van der Waals surface area contributed by atoms with E-state index in [1.807, 2.05) is 35.2 Å². The van der Waals surface area contributed by atoms with Gasteiger partial charge >= 0.3 is 5.97 Å². The standard InChI is InChI=1S/C21H26N2O4/c24-18(12-15-4-2-1-3-5-15)22-10-8-21(9-11-22)13-17(20(26)27)23(14-21)19(25)16-6-7-16/h1-5,16-17H,6-14H2,(H,26,27)/t17-/m0/s1. The maximum atomic E-state index is 12.6. The molecule has 2 amide bonds. The Labute approximate surface area is 159 Å². The Hall–Kier alpha value is -2.37. The molecular weight excluding hydrogens is 344 g/mol. The van der Waals surface area contributed by atoms with Crippen molar-refractivity contribution >= 4 is 17.8 Å². The number of aliphatic carboxylic acids is 1. The maximum absolute atomic E-state index is 12.6. The van der Waals surface area contributed by atoms with Gasteiger partial charge in [-0.05, 0) is 43.1 Å². The quantitative estimate of drug-likeness (QED) is 0.879. The second-order valence-electron chi connectivity index (χ2n) is 8.34. The van der Waals surface area contributed by atoms with E-state index in [0.717, 1.165) is 31.2 Å². The third kappa shape index (κ3) is 3.70. The third-order valence-electron chi connectivity index (χ3n) is 6.38. The summed E-state index contributed by atoms with van der Waals surface area (Å²) < 4.78 is 0. The minimum atomic E-state index is -0.900. The summed E-state index contributed by atoms with van der Waals surface area (Å²) in [4.78, 5) is 40.3. The van der Waals surface area contributed by atoms with Gasteiger partial charge < -0.3 is 14.9 Å². The Morgan fingerprint density at radius 1 is 1.07 bits per heavy atom. The van der Waals surface area contributed by atoms with Crippen LogP contribution in [0.5, 0.6) is 0 Å². The predicted octanol–water partition coefficient (Wildman–Crippen LogP) is 1.93. The Balaban J connectivity index is 1.38. The molecule has 0 bridgehead atoms. The normalized spacial score (nSPS) is 24.2. The number of likely N-dealkylation sites (tertiary alicyclic amines) is 2. The van der Waals surface area contributed by atoms with Crippen molar-refractivity contribution in [1.29, 1.82) is 0 Å². The third-order valence-corrected chi connectivity index (χ3v) is 6.38. The van der Waals surface area contributed by atoms with Crippen molar-refractivity contribution in [3.8, 4) is 0 Å². The van der Waals surface area contributed by atoms with Gasteiger partial charge in [-0.25, -0.2) is 4.79 Å². The highest BCUT2D eigenvalue weighted by molar-refractivity contribution is 5.87. The van der Waals surface area contributed by atoms with Gasteiger partial charge in [0.15, 0.2) is 0 Å². The number of piperidine rings is 1. The van der Waals surface area contributed by atoms with Crippen LogP contribution in [0, 0.1) is 11.3 Å². The van der Waals surface area contributed by atoms with E-state index in [4.69, 9.17) is 0 Å². The number of rotatable bonds is 4. The molecule has 1 aliphatic carbocycles. The first kappa shape index (κ1) is 18.0. The fraction of sp³-hybridized carbons (Fsp3) is 0.571. The molecule has 1 saturated carbocycles. The number of hydrogen-bond acceptors (Lipinski definition) is 3. The summed E-state index contributed by atoms with van der Waals surface area (Å²) >= 11 is 0. The first-order valence-corrected chi connectivity index (χ1v) is 9.82. The molecule has 6 heteroatoms. The summed E-state index contributed by atoms with van der Waals surface area (Å²) in [6.45, 7) is 1.81. The van der Waals surface area contributed by atoms with E-state index in [1.54, 1.807) is 4.90 Å². The van der Waals surface area contributed by atoms with Gasteiger partial charge in [0.2, 0.25) is 11.8 Å². The highest BCUT2D eigenvalue weighted by Gasteiger charge is 2.52. The van der Waals surface area contributed by atoms with Gasteiger partial charge in [0.1, 0.15) is 6.04 Å². The van der Waals surface area contributed by atoms with Crippen molar-refractivity contribution in [3.63, 3.8) is 0 Å². The van der Waals surface area contributed by atoms with Gasteiger partial charge in [0.25, 0.3) is 0 Å². The molecule has 2 aliphatic heterocycles. The van der Waals surface area contributed by atoms with E-state index < -0.39 is 12.0 Å². The van der Waals surface area contributed by atoms with Crippen molar-refractivity contribution in [3.05, 3.63) is 35.9 Å². The number of carboxylic acid groups (broad SMARTS) is 1. The van der Waals surface area contributed by atoms with Gasteiger partial charge in [0.05, 0.1) is 6.42 Å². The van der Waals surface area contributed by atoms with E-state index in [1.165, 1.54) is 0 Å².